The van der Waals surface area contributed by atoms with Gasteiger partial charge in [-0.05, 0) is 47.7 Å². The number of hydrogen-bond acceptors (Lipinski definition) is 6. The fourth-order valence-electron chi connectivity index (χ4n) is 4.67. The van der Waals surface area contributed by atoms with Crippen molar-refractivity contribution in [2.24, 2.45) is 16.6 Å². The third-order valence-electron chi connectivity index (χ3n) is 6.73. The molecule has 3 rings (SSSR count). The van der Waals surface area contributed by atoms with Crippen LogP contribution in [0.2, 0.25) is 0 Å². The number of guanidine groups is 1. The van der Waals surface area contributed by atoms with Crippen molar-refractivity contribution >= 4 is 33.7 Å². The fraction of sp³-hybridized carbons (Fsp3) is 0.464. The largest absolute Gasteiger partial charge is 0.494 e. The average Bonchev–Trinajstić information content (AvgIpc) is 2.93. The molecule has 0 radical (unpaired) electrons. The van der Waals surface area contributed by atoms with Crippen LogP contribution in [0, 0.1) is 11.7 Å². The van der Waals surface area contributed by atoms with Gasteiger partial charge in [-0.15, -0.1) is 0 Å². The number of benzene rings is 2. The van der Waals surface area contributed by atoms with Crippen LogP contribution in [-0.2, 0) is 22.6 Å². The summed E-state index contributed by atoms with van der Waals surface area (Å²) in [4.78, 5) is 30.3. The molecule has 0 aliphatic heterocycles. The molecular formula is C28H36BrFN4O5. The van der Waals surface area contributed by atoms with Crippen LogP contribution in [0.15, 0.2) is 39.8 Å². The summed E-state index contributed by atoms with van der Waals surface area (Å²) >= 11 is 3.45. The molecule has 11 heteroatoms. The highest BCUT2D eigenvalue weighted by Gasteiger charge is 2.25. The number of amides is 2. The second kappa shape index (κ2) is 14.7. The molecule has 0 saturated heterocycles. The number of carbonyl (C=O) groups excluding carboxylic acids is 2. The summed E-state index contributed by atoms with van der Waals surface area (Å²) < 4.78 is 30.0. The first-order valence-corrected chi connectivity index (χ1v) is 13.7. The van der Waals surface area contributed by atoms with Crippen LogP contribution in [0.1, 0.15) is 49.7 Å². The standard InChI is InChI=1S/C28H36BrFN4O5/c1-37-23-12-18(9-10-21(23)30)16-32-27(36)22(11-17-7-5-4-6-8-17)33-28(31)34-26(35)14-19-13-24(38-2)25(39-3)15-20(19)29/h9-10,12-13,15,17,22H,4-8,11,14,16H2,1-3H3,(H,32,36)(H3,31,33,34,35)/t22-/m1/s1. The molecule has 2 aromatic carbocycles. The average molecular weight is 608 g/mol. The normalized spacial score (nSPS) is 14.8. The number of carbonyl (C=O) groups is 2. The monoisotopic (exact) mass is 606 g/mol. The van der Waals surface area contributed by atoms with Gasteiger partial charge >= 0.3 is 0 Å². The van der Waals surface area contributed by atoms with Gasteiger partial charge in [0, 0.05) is 11.0 Å². The van der Waals surface area contributed by atoms with E-state index in [9.17, 15) is 14.0 Å². The second-order valence-electron chi connectivity index (χ2n) is 9.48. The zero-order chi connectivity index (χ0) is 28.4. The molecule has 0 heterocycles. The third kappa shape index (κ3) is 8.84. The van der Waals surface area contributed by atoms with Crippen molar-refractivity contribution in [1.82, 2.24) is 10.6 Å². The maximum absolute atomic E-state index is 13.7. The minimum absolute atomic E-state index is 0.00302. The van der Waals surface area contributed by atoms with Crippen LogP contribution < -0.4 is 30.6 Å². The van der Waals surface area contributed by atoms with Crippen molar-refractivity contribution in [3.63, 3.8) is 0 Å². The van der Waals surface area contributed by atoms with Crippen molar-refractivity contribution in [1.29, 1.82) is 0 Å². The SMILES string of the molecule is COc1cc(CNC(=O)[C@@H](CC2CCCCC2)N=C(N)NC(=O)Cc2cc(OC)c(OC)cc2Br)ccc1F. The Bertz CT molecular complexity index is 1190. The zero-order valence-electron chi connectivity index (χ0n) is 22.5. The van der Waals surface area contributed by atoms with E-state index in [1.807, 2.05) is 0 Å². The lowest BCUT2D eigenvalue weighted by molar-refractivity contribution is -0.123. The summed E-state index contributed by atoms with van der Waals surface area (Å²) in [5.41, 5.74) is 7.45. The molecule has 9 nitrogen and oxygen atoms in total. The predicted molar refractivity (Wildman–Crippen MR) is 150 cm³/mol. The molecule has 2 amide bonds. The third-order valence-corrected chi connectivity index (χ3v) is 7.47. The number of halogens is 2. The highest BCUT2D eigenvalue weighted by Crippen LogP contribution is 2.33. The van der Waals surface area contributed by atoms with Crippen molar-refractivity contribution < 1.29 is 28.2 Å². The van der Waals surface area contributed by atoms with Crippen molar-refractivity contribution in [2.75, 3.05) is 21.3 Å². The van der Waals surface area contributed by atoms with Crippen LogP contribution in [0.25, 0.3) is 0 Å². The van der Waals surface area contributed by atoms with Crippen molar-refractivity contribution in [2.45, 2.75) is 57.5 Å². The Hall–Kier alpha value is -3.34. The van der Waals surface area contributed by atoms with Gasteiger partial charge < -0.3 is 25.3 Å². The predicted octanol–water partition coefficient (Wildman–Crippen LogP) is 4.24. The number of nitrogens with two attached hydrogens (primary N) is 1. The number of nitrogens with zero attached hydrogens (tertiary/aromatic N) is 1. The van der Waals surface area contributed by atoms with Gasteiger partial charge in [-0.2, -0.15) is 0 Å². The minimum Gasteiger partial charge on any atom is -0.494 e. The Morgan fingerprint density at radius 3 is 2.38 bits per heavy atom. The molecule has 39 heavy (non-hydrogen) atoms. The van der Waals surface area contributed by atoms with Gasteiger partial charge in [-0.1, -0.05) is 54.1 Å². The number of hydrogen-bond donors (Lipinski definition) is 3. The van der Waals surface area contributed by atoms with E-state index in [0.717, 1.165) is 25.7 Å². The molecule has 1 aliphatic carbocycles. The lowest BCUT2D eigenvalue weighted by Crippen LogP contribution is -2.42. The van der Waals surface area contributed by atoms with Gasteiger partial charge in [-0.3, -0.25) is 14.9 Å². The van der Waals surface area contributed by atoms with Crippen molar-refractivity contribution in [3.05, 3.63) is 51.7 Å². The molecule has 0 spiro atoms. The number of methoxy groups -OCH3 is 3. The summed E-state index contributed by atoms with van der Waals surface area (Å²) in [5, 5.41) is 5.46. The van der Waals surface area contributed by atoms with Gasteiger partial charge in [0.25, 0.3) is 0 Å². The molecule has 0 unspecified atom stereocenters. The van der Waals surface area contributed by atoms with E-state index in [0.29, 0.717) is 39.4 Å². The Labute approximate surface area is 236 Å². The maximum atomic E-state index is 13.7. The summed E-state index contributed by atoms with van der Waals surface area (Å²) in [5.74, 6) is 0.162. The van der Waals surface area contributed by atoms with E-state index in [1.54, 1.807) is 18.2 Å². The lowest BCUT2D eigenvalue weighted by atomic mass is 9.84. The Balaban J connectivity index is 1.69. The van der Waals surface area contributed by atoms with E-state index in [4.69, 9.17) is 19.9 Å². The Kier molecular flexibility index (Phi) is 11.4. The van der Waals surface area contributed by atoms with Gasteiger partial charge in [0.05, 0.1) is 27.8 Å². The number of aliphatic imine (C=N–C) groups is 1. The molecule has 0 aromatic heterocycles. The van der Waals surface area contributed by atoms with E-state index in [-0.39, 0.29) is 36.5 Å². The van der Waals surface area contributed by atoms with Crippen LogP contribution in [0.5, 0.6) is 17.2 Å². The van der Waals surface area contributed by atoms with Crippen LogP contribution in [-0.4, -0.2) is 45.1 Å². The summed E-state index contributed by atoms with van der Waals surface area (Å²) in [7, 11) is 4.44. The molecule has 0 bridgehead atoms. The summed E-state index contributed by atoms with van der Waals surface area (Å²) in [6.07, 6.45) is 5.99. The highest BCUT2D eigenvalue weighted by molar-refractivity contribution is 9.10. The maximum Gasteiger partial charge on any atom is 0.245 e. The van der Waals surface area contributed by atoms with E-state index in [1.165, 1.54) is 39.9 Å². The second-order valence-corrected chi connectivity index (χ2v) is 10.3. The first kappa shape index (κ1) is 30.2. The van der Waals surface area contributed by atoms with E-state index in [2.05, 4.69) is 31.6 Å². The van der Waals surface area contributed by atoms with Crippen molar-refractivity contribution in [3.8, 4) is 17.2 Å². The molecule has 1 fully saturated rings. The molecule has 2 aromatic rings. The number of rotatable bonds is 11. The number of ether oxygens (including phenoxy) is 3. The lowest BCUT2D eigenvalue weighted by Gasteiger charge is -2.24. The topological polar surface area (TPSA) is 124 Å². The Morgan fingerprint density at radius 1 is 1.05 bits per heavy atom. The first-order chi connectivity index (χ1) is 18.7. The summed E-state index contributed by atoms with van der Waals surface area (Å²) in [6, 6.07) is 7.07. The quantitative estimate of drug-likeness (QED) is 0.259. The Morgan fingerprint density at radius 2 is 1.72 bits per heavy atom. The first-order valence-electron chi connectivity index (χ1n) is 12.9. The van der Waals surface area contributed by atoms with E-state index >= 15 is 0 Å². The fourth-order valence-corrected chi connectivity index (χ4v) is 5.13. The minimum atomic E-state index is -0.774. The molecule has 1 aliphatic rings. The molecule has 4 N–H and O–H groups in total. The highest BCUT2D eigenvalue weighted by atomic mass is 79.9. The zero-order valence-corrected chi connectivity index (χ0v) is 24.1. The van der Waals surface area contributed by atoms with Gasteiger partial charge in [0.1, 0.15) is 6.04 Å². The molecule has 1 atom stereocenters. The smallest absolute Gasteiger partial charge is 0.245 e. The number of nitrogens with one attached hydrogen (secondary N) is 2. The molecule has 1 saturated carbocycles. The van der Waals surface area contributed by atoms with Gasteiger partial charge in [0.2, 0.25) is 11.8 Å². The van der Waals surface area contributed by atoms with Crippen LogP contribution >= 0.6 is 15.9 Å². The molecular weight excluding hydrogens is 571 g/mol. The van der Waals surface area contributed by atoms with Gasteiger partial charge in [0.15, 0.2) is 29.0 Å². The van der Waals surface area contributed by atoms with E-state index < -0.39 is 11.9 Å². The molecule has 212 valence electrons. The van der Waals surface area contributed by atoms with Crippen LogP contribution in [0.3, 0.4) is 0 Å². The van der Waals surface area contributed by atoms with Crippen LogP contribution in [0.4, 0.5) is 4.39 Å². The summed E-state index contributed by atoms with van der Waals surface area (Å²) in [6.45, 7) is 0.172. The van der Waals surface area contributed by atoms with Gasteiger partial charge in [-0.25, -0.2) is 9.38 Å².